The smallest absolute Gasteiger partial charge is 0.328 e. The van der Waals surface area contributed by atoms with E-state index in [0.29, 0.717) is 24.2 Å². The van der Waals surface area contributed by atoms with E-state index in [1.807, 2.05) is 14.1 Å². The summed E-state index contributed by atoms with van der Waals surface area (Å²) in [5, 5.41) is 29.2. The van der Waals surface area contributed by atoms with Crippen LogP contribution in [0.4, 0.5) is 11.4 Å². The number of carboxylic acid groups (broad SMARTS) is 2. The van der Waals surface area contributed by atoms with Gasteiger partial charge in [0.05, 0.1) is 0 Å². The maximum absolute atomic E-state index is 9.55. The van der Waals surface area contributed by atoms with Crippen LogP contribution in [0.2, 0.25) is 0 Å². The highest BCUT2D eigenvalue weighted by atomic mass is 16.4. The van der Waals surface area contributed by atoms with Crippen molar-refractivity contribution >= 4 is 23.3 Å². The van der Waals surface area contributed by atoms with Gasteiger partial charge in [-0.25, -0.2) is 9.59 Å². The van der Waals surface area contributed by atoms with E-state index in [2.05, 4.69) is 69.8 Å². The van der Waals surface area contributed by atoms with Crippen molar-refractivity contribution in [3.8, 4) is 0 Å². The number of likely N-dealkylation sites (N-methyl/N-ethyl adjacent to an activating group) is 2. The fraction of sp³-hybridized carbons (Fsp3) is 0.385. The van der Waals surface area contributed by atoms with Gasteiger partial charge in [-0.3, -0.25) is 0 Å². The minimum atomic E-state index is -1.26. The second-order valence-electron chi connectivity index (χ2n) is 8.13. The molecule has 0 amide bonds. The first-order valence-electron chi connectivity index (χ1n) is 11.5. The molecule has 8 heteroatoms. The minimum Gasteiger partial charge on any atom is -0.478 e. The molecule has 6 N–H and O–H groups in total. The fourth-order valence-electron chi connectivity index (χ4n) is 3.79. The van der Waals surface area contributed by atoms with Crippen molar-refractivity contribution in [3.05, 3.63) is 71.8 Å². The molecule has 2 aliphatic rings. The summed E-state index contributed by atoms with van der Waals surface area (Å²) in [4.78, 5) is 19.1. The van der Waals surface area contributed by atoms with Gasteiger partial charge in [-0.15, -0.1) is 0 Å². The molecule has 4 rings (SSSR count). The minimum absolute atomic E-state index is 0.558. The Bertz CT molecular complexity index is 818. The molecule has 2 aromatic carbocycles. The molecule has 2 aromatic rings. The Morgan fingerprint density at radius 1 is 0.765 bits per heavy atom. The zero-order valence-corrected chi connectivity index (χ0v) is 19.9. The monoisotopic (exact) mass is 468 g/mol. The summed E-state index contributed by atoms with van der Waals surface area (Å²) in [7, 11) is 4.06. The lowest BCUT2D eigenvalue weighted by atomic mass is 10.1. The van der Waals surface area contributed by atoms with E-state index in [-0.39, 0.29) is 0 Å². The molecule has 0 saturated heterocycles. The summed E-state index contributed by atoms with van der Waals surface area (Å²) >= 11 is 0. The zero-order valence-electron chi connectivity index (χ0n) is 19.9. The van der Waals surface area contributed by atoms with Crippen molar-refractivity contribution in [2.45, 2.75) is 37.8 Å². The van der Waals surface area contributed by atoms with E-state index in [9.17, 15) is 9.59 Å². The van der Waals surface area contributed by atoms with Crippen LogP contribution >= 0.6 is 0 Å². The Hall–Kier alpha value is -3.36. The standard InChI is InChI=1S/2C11H16N2.C4H4O4/c2*1-12-10-7-6-9-4-2-3-5-11(9)13-8-10;5-3(6)1-2-4(7)8/h2*2-5,10,12-13H,6-8H2,1H3;1-2H,(H,5,6)(H,7,8). The number of hydrogen-bond donors (Lipinski definition) is 6. The fourth-order valence-corrected chi connectivity index (χ4v) is 3.79. The Morgan fingerprint density at radius 3 is 1.50 bits per heavy atom. The molecule has 0 fully saturated rings. The van der Waals surface area contributed by atoms with Gasteiger partial charge < -0.3 is 31.5 Å². The van der Waals surface area contributed by atoms with E-state index >= 15 is 0 Å². The lowest BCUT2D eigenvalue weighted by Gasteiger charge is -2.12. The van der Waals surface area contributed by atoms with Gasteiger partial charge in [0.15, 0.2) is 0 Å². The average molecular weight is 469 g/mol. The molecule has 8 nitrogen and oxygen atoms in total. The zero-order chi connectivity index (χ0) is 24.8. The molecule has 2 heterocycles. The van der Waals surface area contributed by atoms with Crippen molar-refractivity contribution in [2.24, 2.45) is 0 Å². The lowest BCUT2D eigenvalue weighted by Crippen LogP contribution is -2.31. The first-order chi connectivity index (χ1) is 16.4. The number of aryl methyl sites for hydroxylation is 2. The molecule has 2 aliphatic heterocycles. The van der Waals surface area contributed by atoms with Crippen LogP contribution < -0.4 is 21.3 Å². The largest absolute Gasteiger partial charge is 0.478 e. The van der Waals surface area contributed by atoms with E-state index in [1.54, 1.807) is 0 Å². The van der Waals surface area contributed by atoms with Crippen molar-refractivity contribution in [1.29, 1.82) is 0 Å². The van der Waals surface area contributed by atoms with Gasteiger partial charge >= 0.3 is 11.9 Å². The molecule has 2 unspecified atom stereocenters. The predicted molar refractivity (Wildman–Crippen MR) is 137 cm³/mol. The van der Waals surface area contributed by atoms with Gasteiger partial charge in [-0.05, 0) is 63.0 Å². The third kappa shape index (κ3) is 9.64. The summed E-state index contributed by atoms with van der Waals surface area (Å²) in [6.07, 6.45) is 5.91. The molecule has 0 aromatic heterocycles. The number of anilines is 2. The van der Waals surface area contributed by atoms with Crippen LogP contribution in [0.25, 0.3) is 0 Å². The highest BCUT2D eigenvalue weighted by molar-refractivity contribution is 5.89. The third-order valence-corrected chi connectivity index (χ3v) is 5.82. The highest BCUT2D eigenvalue weighted by Gasteiger charge is 2.13. The van der Waals surface area contributed by atoms with Crippen molar-refractivity contribution in [3.63, 3.8) is 0 Å². The maximum Gasteiger partial charge on any atom is 0.328 e. The number of hydrogen-bond acceptors (Lipinski definition) is 6. The number of rotatable bonds is 4. The SMILES string of the molecule is CNC1CCc2ccccc2NC1.CNC1CCc2ccccc2NC1.O=C(O)C=CC(=O)O. The van der Waals surface area contributed by atoms with E-state index in [4.69, 9.17) is 10.2 Å². The van der Waals surface area contributed by atoms with Gasteiger partial charge in [-0.2, -0.15) is 0 Å². The Balaban J connectivity index is 0.000000187. The molecule has 184 valence electrons. The number of nitrogens with one attached hydrogen (secondary N) is 4. The lowest BCUT2D eigenvalue weighted by molar-refractivity contribution is -0.134. The molecular weight excluding hydrogens is 432 g/mol. The quantitative estimate of drug-likeness (QED) is 0.379. The van der Waals surface area contributed by atoms with Crippen molar-refractivity contribution < 1.29 is 19.8 Å². The molecule has 0 bridgehead atoms. The van der Waals surface area contributed by atoms with Crippen molar-refractivity contribution in [1.82, 2.24) is 10.6 Å². The number of carbonyl (C=O) groups is 2. The van der Waals surface area contributed by atoms with Crippen LogP contribution in [0.5, 0.6) is 0 Å². The Labute approximate surface area is 201 Å². The second-order valence-corrected chi connectivity index (χ2v) is 8.13. The van der Waals surface area contributed by atoms with Gasteiger partial charge in [-0.1, -0.05) is 36.4 Å². The molecule has 34 heavy (non-hydrogen) atoms. The maximum atomic E-state index is 9.55. The predicted octanol–water partition coefficient (Wildman–Crippen LogP) is 2.98. The van der Waals surface area contributed by atoms with Crippen LogP contribution in [-0.4, -0.2) is 61.4 Å². The van der Waals surface area contributed by atoms with Gasteiger partial charge in [0.1, 0.15) is 0 Å². The summed E-state index contributed by atoms with van der Waals surface area (Å²) in [6.45, 7) is 2.07. The summed E-state index contributed by atoms with van der Waals surface area (Å²) < 4.78 is 0. The van der Waals surface area contributed by atoms with Gasteiger partial charge in [0.2, 0.25) is 0 Å². The van der Waals surface area contributed by atoms with Crippen LogP contribution in [-0.2, 0) is 22.4 Å². The number of fused-ring (bicyclic) bond motifs is 2. The van der Waals surface area contributed by atoms with Crippen LogP contribution in [0.3, 0.4) is 0 Å². The van der Waals surface area contributed by atoms with Crippen LogP contribution in [0, 0.1) is 0 Å². The molecule has 0 saturated carbocycles. The number of aliphatic carboxylic acids is 2. The van der Waals surface area contributed by atoms with E-state index in [1.165, 1.54) is 48.2 Å². The first kappa shape index (κ1) is 26.9. The Kier molecular flexibility index (Phi) is 11.6. The number of para-hydroxylation sites is 2. The second kappa shape index (κ2) is 14.7. The van der Waals surface area contributed by atoms with Gasteiger partial charge in [0.25, 0.3) is 0 Å². The third-order valence-electron chi connectivity index (χ3n) is 5.82. The molecule has 0 radical (unpaired) electrons. The van der Waals surface area contributed by atoms with Crippen LogP contribution in [0.15, 0.2) is 60.7 Å². The summed E-state index contributed by atoms with van der Waals surface area (Å²) in [5.74, 6) is -2.51. The highest BCUT2D eigenvalue weighted by Crippen LogP contribution is 2.21. The average Bonchev–Trinajstić information content (AvgIpc) is 3.20. The Morgan fingerprint density at radius 2 is 1.15 bits per heavy atom. The van der Waals surface area contributed by atoms with Crippen LogP contribution in [0.1, 0.15) is 24.0 Å². The van der Waals surface area contributed by atoms with Gasteiger partial charge in [0, 0.05) is 48.7 Å². The molecule has 2 atom stereocenters. The number of carboxylic acids is 2. The van der Waals surface area contributed by atoms with E-state index < -0.39 is 11.9 Å². The van der Waals surface area contributed by atoms with Crippen molar-refractivity contribution in [2.75, 3.05) is 37.8 Å². The molecule has 0 aliphatic carbocycles. The molecule has 0 spiro atoms. The normalized spacial score (nSPS) is 18.6. The topological polar surface area (TPSA) is 123 Å². The summed E-state index contributed by atoms with van der Waals surface area (Å²) in [6, 6.07) is 18.3. The van der Waals surface area contributed by atoms with E-state index in [0.717, 1.165) is 13.1 Å². The first-order valence-corrected chi connectivity index (χ1v) is 11.5. The number of benzene rings is 2. The molecular formula is C26H36N4O4. The summed E-state index contributed by atoms with van der Waals surface area (Å²) in [5.41, 5.74) is 5.50.